The van der Waals surface area contributed by atoms with Crippen LogP contribution in [0.2, 0.25) is 0 Å². The number of aryl methyl sites for hydroxylation is 1. The van der Waals surface area contributed by atoms with Crippen LogP contribution in [-0.2, 0) is 0 Å². The largest absolute Gasteiger partial charge is 0.383 e. The fourth-order valence-corrected chi connectivity index (χ4v) is 1.61. The first kappa shape index (κ1) is 8.30. The minimum absolute atomic E-state index is 0.993. The van der Waals surface area contributed by atoms with Gasteiger partial charge in [-0.3, -0.25) is 4.99 Å². The third-order valence-corrected chi connectivity index (χ3v) is 2.35. The SMILES string of the molecule is CC1=Nc2cccc(C)c2NCC1. The van der Waals surface area contributed by atoms with Crippen LogP contribution in [0.4, 0.5) is 11.4 Å². The summed E-state index contributed by atoms with van der Waals surface area (Å²) >= 11 is 0. The van der Waals surface area contributed by atoms with Gasteiger partial charge >= 0.3 is 0 Å². The molecular formula is C11H14N2. The Morgan fingerprint density at radius 3 is 3.00 bits per heavy atom. The molecule has 2 heteroatoms. The second-order valence-electron chi connectivity index (χ2n) is 3.49. The Balaban J connectivity index is 2.53. The highest BCUT2D eigenvalue weighted by atomic mass is 14.9. The first-order valence-electron chi connectivity index (χ1n) is 4.65. The van der Waals surface area contributed by atoms with Crippen LogP contribution in [0.5, 0.6) is 0 Å². The number of nitrogens with one attached hydrogen (secondary N) is 1. The molecule has 0 aliphatic carbocycles. The number of hydrogen-bond donors (Lipinski definition) is 1. The van der Waals surface area contributed by atoms with Crippen LogP contribution in [0.15, 0.2) is 23.2 Å². The Labute approximate surface area is 78.7 Å². The van der Waals surface area contributed by atoms with Gasteiger partial charge in [0.15, 0.2) is 0 Å². The van der Waals surface area contributed by atoms with Crippen LogP contribution >= 0.6 is 0 Å². The highest BCUT2D eigenvalue weighted by Crippen LogP contribution is 2.30. The molecule has 0 bridgehead atoms. The number of fused-ring (bicyclic) bond motifs is 1. The molecule has 0 saturated carbocycles. The van der Waals surface area contributed by atoms with Crippen LogP contribution < -0.4 is 5.32 Å². The Morgan fingerprint density at radius 2 is 2.15 bits per heavy atom. The van der Waals surface area contributed by atoms with E-state index in [9.17, 15) is 0 Å². The number of rotatable bonds is 0. The molecule has 0 saturated heterocycles. The molecule has 0 unspecified atom stereocenters. The maximum Gasteiger partial charge on any atom is 0.0862 e. The minimum Gasteiger partial charge on any atom is -0.383 e. The molecule has 1 N–H and O–H groups in total. The highest BCUT2D eigenvalue weighted by Gasteiger charge is 2.07. The van der Waals surface area contributed by atoms with Crippen molar-refractivity contribution in [3.8, 4) is 0 Å². The summed E-state index contributed by atoms with van der Waals surface area (Å²) in [5, 5.41) is 3.41. The van der Waals surface area contributed by atoms with Crippen LogP contribution in [0, 0.1) is 6.92 Å². The first-order valence-corrected chi connectivity index (χ1v) is 4.65. The van der Waals surface area contributed by atoms with Crippen molar-refractivity contribution in [3.05, 3.63) is 23.8 Å². The van der Waals surface area contributed by atoms with E-state index in [4.69, 9.17) is 0 Å². The number of para-hydroxylation sites is 1. The van der Waals surface area contributed by atoms with Gasteiger partial charge in [-0.15, -0.1) is 0 Å². The zero-order valence-corrected chi connectivity index (χ0v) is 8.09. The van der Waals surface area contributed by atoms with E-state index in [2.05, 4.69) is 42.4 Å². The lowest BCUT2D eigenvalue weighted by Crippen LogP contribution is -2.03. The summed E-state index contributed by atoms with van der Waals surface area (Å²) < 4.78 is 0. The van der Waals surface area contributed by atoms with Crippen molar-refractivity contribution < 1.29 is 0 Å². The van der Waals surface area contributed by atoms with E-state index in [0.717, 1.165) is 18.7 Å². The van der Waals surface area contributed by atoms with Crippen LogP contribution in [0.3, 0.4) is 0 Å². The second kappa shape index (κ2) is 3.21. The standard InChI is InChI=1S/C11H14N2/c1-8-4-3-5-10-11(8)12-7-6-9(2)13-10/h3-5,12H,6-7H2,1-2H3. The summed E-state index contributed by atoms with van der Waals surface area (Å²) in [6.45, 7) is 5.19. The molecule has 0 spiro atoms. The quantitative estimate of drug-likeness (QED) is 0.642. The molecule has 1 aliphatic heterocycles. The zero-order chi connectivity index (χ0) is 9.26. The van der Waals surface area contributed by atoms with Gasteiger partial charge in [0, 0.05) is 18.7 Å². The molecule has 2 nitrogen and oxygen atoms in total. The van der Waals surface area contributed by atoms with Crippen molar-refractivity contribution in [2.24, 2.45) is 4.99 Å². The van der Waals surface area contributed by atoms with Crippen molar-refractivity contribution in [1.82, 2.24) is 0 Å². The van der Waals surface area contributed by atoms with Crippen molar-refractivity contribution >= 4 is 17.1 Å². The summed E-state index contributed by atoms with van der Waals surface area (Å²) in [6, 6.07) is 6.23. The van der Waals surface area contributed by atoms with E-state index in [0.29, 0.717) is 0 Å². The van der Waals surface area contributed by atoms with Crippen LogP contribution in [-0.4, -0.2) is 12.3 Å². The highest BCUT2D eigenvalue weighted by molar-refractivity contribution is 5.89. The molecule has 68 valence electrons. The van der Waals surface area contributed by atoms with Gasteiger partial charge in [-0.2, -0.15) is 0 Å². The van der Waals surface area contributed by atoms with E-state index < -0.39 is 0 Å². The maximum absolute atomic E-state index is 4.55. The van der Waals surface area contributed by atoms with Crippen LogP contribution in [0.25, 0.3) is 0 Å². The smallest absolute Gasteiger partial charge is 0.0862 e. The summed E-state index contributed by atoms with van der Waals surface area (Å²) in [7, 11) is 0. The Kier molecular flexibility index (Phi) is 2.05. The third-order valence-electron chi connectivity index (χ3n) is 2.35. The van der Waals surface area contributed by atoms with Crippen molar-refractivity contribution in [1.29, 1.82) is 0 Å². The van der Waals surface area contributed by atoms with Crippen molar-refractivity contribution in [2.45, 2.75) is 20.3 Å². The fourth-order valence-electron chi connectivity index (χ4n) is 1.61. The number of benzene rings is 1. The number of nitrogens with zero attached hydrogens (tertiary/aromatic N) is 1. The summed E-state index contributed by atoms with van der Waals surface area (Å²) in [5.41, 5.74) is 4.75. The molecule has 2 rings (SSSR count). The lowest BCUT2D eigenvalue weighted by molar-refractivity contribution is 1.11. The van der Waals surface area contributed by atoms with Gasteiger partial charge in [-0.05, 0) is 25.5 Å². The molecule has 0 atom stereocenters. The number of aliphatic imine (C=N–C) groups is 1. The molecule has 0 radical (unpaired) electrons. The third kappa shape index (κ3) is 1.57. The molecule has 1 aromatic rings. The molecule has 1 aliphatic rings. The monoisotopic (exact) mass is 174 g/mol. The lowest BCUT2D eigenvalue weighted by atomic mass is 10.1. The first-order chi connectivity index (χ1) is 6.27. The van der Waals surface area contributed by atoms with Crippen LogP contribution in [0.1, 0.15) is 18.9 Å². The van der Waals surface area contributed by atoms with Crippen molar-refractivity contribution in [3.63, 3.8) is 0 Å². The molecule has 1 aromatic carbocycles. The topological polar surface area (TPSA) is 24.4 Å². The van der Waals surface area contributed by atoms with E-state index in [1.807, 2.05) is 0 Å². The fraction of sp³-hybridized carbons (Fsp3) is 0.364. The molecule has 0 amide bonds. The van der Waals surface area contributed by atoms with E-state index in [-0.39, 0.29) is 0 Å². The van der Waals surface area contributed by atoms with Gasteiger partial charge in [-0.25, -0.2) is 0 Å². The predicted molar refractivity (Wildman–Crippen MR) is 57.1 cm³/mol. The average molecular weight is 174 g/mol. The minimum atomic E-state index is 0.993. The van der Waals surface area contributed by atoms with Gasteiger partial charge in [0.05, 0.1) is 11.4 Å². The van der Waals surface area contributed by atoms with E-state index >= 15 is 0 Å². The normalized spacial score (nSPS) is 15.4. The molecule has 1 heterocycles. The molecule has 0 fully saturated rings. The van der Waals surface area contributed by atoms with Gasteiger partial charge in [0.2, 0.25) is 0 Å². The van der Waals surface area contributed by atoms with Gasteiger partial charge in [0.1, 0.15) is 0 Å². The molecule has 0 aromatic heterocycles. The summed E-state index contributed by atoms with van der Waals surface area (Å²) in [6.07, 6.45) is 1.04. The van der Waals surface area contributed by atoms with Crippen molar-refractivity contribution in [2.75, 3.05) is 11.9 Å². The molecular weight excluding hydrogens is 160 g/mol. The average Bonchev–Trinajstić information content (AvgIpc) is 2.27. The molecule has 13 heavy (non-hydrogen) atoms. The van der Waals surface area contributed by atoms with E-state index in [1.165, 1.54) is 17.0 Å². The summed E-state index contributed by atoms with van der Waals surface area (Å²) in [4.78, 5) is 4.55. The van der Waals surface area contributed by atoms with Gasteiger partial charge in [-0.1, -0.05) is 12.1 Å². The Morgan fingerprint density at radius 1 is 1.31 bits per heavy atom. The maximum atomic E-state index is 4.55. The Bertz CT molecular complexity index is 353. The zero-order valence-electron chi connectivity index (χ0n) is 8.09. The predicted octanol–water partition coefficient (Wildman–Crippen LogP) is 2.90. The second-order valence-corrected chi connectivity index (χ2v) is 3.49. The summed E-state index contributed by atoms with van der Waals surface area (Å²) in [5.74, 6) is 0. The van der Waals surface area contributed by atoms with Gasteiger partial charge < -0.3 is 5.32 Å². The Hall–Kier alpha value is -1.31. The number of hydrogen-bond acceptors (Lipinski definition) is 2. The van der Waals surface area contributed by atoms with E-state index in [1.54, 1.807) is 0 Å². The number of anilines is 1. The lowest BCUT2D eigenvalue weighted by Gasteiger charge is -2.08. The van der Waals surface area contributed by atoms with Gasteiger partial charge in [0.25, 0.3) is 0 Å².